The van der Waals surface area contributed by atoms with Gasteiger partial charge in [0.25, 0.3) is 0 Å². The highest BCUT2D eigenvalue weighted by molar-refractivity contribution is 7.96. The fraction of sp³-hybridized carbons (Fsp3) is 0.407. The van der Waals surface area contributed by atoms with Crippen molar-refractivity contribution in [1.82, 2.24) is 15.4 Å². The van der Waals surface area contributed by atoms with E-state index in [1.165, 1.54) is 11.9 Å². The van der Waals surface area contributed by atoms with E-state index in [0.717, 1.165) is 29.5 Å². The Morgan fingerprint density at radius 1 is 0.895 bits per heavy atom. The molecular weight excluding hydrogens is 500 g/mol. The fourth-order valence-electron chi connectivity index (χ4n) is 3.34. The molecule has 38 heavy (non-hydrogen) atoms. The van der Waals surface area contributed by atoms with Crippen LogP contribution in [-0.4, -0.2) is 49.3 Å². The third-order valence-electron chi connectivity index (χ3n) is 5.53. The van der Waals surface area contributed by atoms with Gasteiger partial charge in [0.1, 0.15) is 5.84 Å². The van der Waals surface area contributed by atoms with E-state index in [1.807, 2.05) is 54.6 Å². The number of carbonyl (C=O) groups excluding carboxylic acids is 2. The number of guanidine groups is 1. The second-order valence-electron chi connectivity index (χ2n) is 8.71. The molecule has 0 heterocycles. The number of benzene rings is 2. The summed E-state index contributed by atoms with van der Waals surface area (Å²) in [6.07, 6.45) is 3.20. The normalized spacial score (nSPS) is 12.0. The maximum atomic E-state index is 12.8. The average Bonchev–Trinajstić information content (AvgIpc) is 2.92. The number of hydrogen-bond donors (Lipinski definition) is 6. The molecule has 0 fully saturated rings. The van der Waals surface area contributed by atoms with E-state index in [-0.39, 0.29) is 24.3 Å². The van der Waals surface area contributed by atoms with E-state index >= 15 is 0 Å². The van der Waals surface area contributed by atoms with Gasteiger partial charge >= 0.3 is 0 Å². The van der Waals surface area contributed by atoms with Gasteiger partial charge in [0.05, 0.1) is 12.6 Å². The first-order valence-electron chi connectivity index (χ1n) is 12.8. The van der Waals surface area contributed by atoms with Crippen LogP contribution in [0.5, 0.6) is 0 Å². The molecule has 0 radical (unpaired) electrons. The van der Waals surface area contributed by atoms with E-state index in [0.29, 0.717) is 44.1 Å². The van der Waals surface area contributed by atoms with Gasteiger partial charge in [-0.25, -0.2) is 0 Å². The van der Waals surface area contributed by atoms with Crippen molar-refractivity contribution in [3.63, 3.8) is 0 Å². The number of aliphatic imine (C=N–C) groups is 2. The molecule has 2 amide bonds. The number of rotatable bonds is 17. The second kappa shape index (κ2) is 17.8. The molecule has 0 aromatic heterocycles. The Kier molecular flexibility index (Phi) is 14.4. The molecule has 0 saturated heterocycles. The largest absolute Gasteiger partial charge is 0.384 e. The Labute approximate surface area is 229 Å². The molecule has 2 aromatic carbocycles. The molecule has 11 heteroatoms. The summed E-state index contributed by atoms with van der Waals surface area (Å²) in [6.45, 7) is 3.47. The topological polar surface area (TPSA) is 173 Å². The zero-order valence-corrected chi connectivity index (χ0v) is 22.8. The maximum absolute atomic E-state index is 12.8. The van der Waals surface area contributed by atoms with E-state index in [1.54, 1.807) is 0 Å². The molecule has 206 valence electrons. The van der Waals surface area contributed by atoms with Gasteiger partial charge in [-0.1, -0.05) is 79.9 Å². The lowest BCUT2D eigenvalue weighted by Gasteiger charge is -2.17. The molecule has 2 rings (SSSR count). The minimum Gasteiger partial charge on any atom is -0.384 e. The lowest BCUT2D eigenvalue weighted by Crippen LogP contribution is -2.45. The van der Waals surface area contributed by atoms with Crippen LogP contribution in [0.1, 0.15) is 49.3 Å². The average molecular weight is 541 g/mol. The Hall–Kier alpha value is -3.57. The standard InChI is InChI=1S/C27H40N8O2S/c1-2-3-15-31-25(28)22-13-11-20(12-14-22)17-33-24(36)18-34-26(37)23(10-7-16-32-27(29)30)35-38-19-21-8-5-4-6-9-21/h4-6,8-9,11-14,23,35H,2-3,7,10,15-19H2,1H3,(H2,28,31)(H,33,36)(H,34,37)(H4,29,30,32). The summed E-state index contributed by atoms with van der Waals surface area (Å²) < 4.78 is 3.21. The zero-order valence-electron chi connectivity index (χ0n) is 22.0. The van der Waals surface area contributed by atoms with Crippen molar-refractivity contribution in [2.45, 2.75) is 50.9 Å². The SMILES string of the molecule is CCCCN=C(N)c1ccc(CNC(=O)CNC(=O)C(CCCN=C(N)N)NSCc2ccccc2)cc1. The maximum Gasteiger partial charge on any atom is 0.239 e. The molecule has 0 aliphatic carbocycles. The second-order valence-corrected chi connectivity index (χ2v) is 9.52. The number of nitrogens with one attached hydrogen (secondary N) is 3. The van der Waals surface area contributed by atoms with Crippen molar-refractivity contribution < 1.29 is 9.59 Å². The smallest absolute Gasteiger partial charge is 0.239 e. The van der Waals surface area contributed by atoms with Crippen LogP contribution < -0.4 is 32.6 Å². The van der Waals surface area contributed by atoms with Gasteiger partial charge in [-0.05, 0) is 30.4 Å². The number of amides is 2. The quantitative estimate of drug-likeness (QED) is 0.0768. The summed E-state index contributed by atoms with van der Waals surface area (Å²) in [6, 6.07) is 17.0. The molecule has 10 nitrogen and oxygen atoms in total. The first kappa shape index (κ1) is 30.7. The highest BCUT2D eigenvalue weighted by Crippen LogP contribution is 2.11. The first-order chi connectivity index (χ1) is 18.4. The number of nitrogens with zero attached hydrogens (tertiary/aromatic N) is 2. The van der Waals surface area contributed by atoms with Crippen LogP contribution in [0, 0.1) is 0 Å². The molecule has 0 bridgehead atoms. The van der Waals surface area contributed by atoms with Crippen molar-refractivity contribution in [2.75, 3.05) is 19.6 Å². The molecule has 1 unspecified atom stereocenters. The molecule has 2 aromatic rings. The summed E-state index contributed by atoms with van der Waals surface area (Å²) in [5.74, 6) is 0.702. The monoisotopic (exact) mass is 540 g/mol. The number of carbonyl (C=O) groups is 2. The zero-order chi connectivity index (χ0) is 27.6. The Morgan fingerprint density at radius 2 is 1.61 bits per heavy atom. The van der Waals surface area contributed by atoms with Gasteiger partial charge in [-0.2, -0.15) is 0 Å². The van der Waals surface area contributed by atoms with Gasteiger partial charge in [-0.15, -0.1) is 0 Å². The molecule has 0 saturated carbocycles. The van der Waals surface area contributed by atoms with Gasteiger partial charge in [-0.3, -0.25) is 24.3 Å². The fourth-order valence-corrected chi connectivity index (χ4v) is 4.21. The van der Waals surface area contributed by atoms with Gasteiger partial charge in [0.2, 0.25) is 11.8 Å². The predicted molar refractivity (Wildman–Crippen MR) is 156 cm³/mol. The van der Waals surface area contributed by atoms with Crippen LogP contribution in [0.15, 0.2) is 64.6 Å². The van der Waals surface area contributed by atoms with Crippen LogP contribution in [0.25, 0.3) is 0 Å². The molecule has 1 atom stereocenters. The van der Waals surface area contributed by atoms with Gasteiger partial charge < -0.3 is 27.8 Å². The highest BCUT2D eigenvalue weighted by atomic mass is 32.2. The van der Waals surface area contributed by atoms with Crippen LogP contribution in [0.3, 0.4) is 0 Å². The van der Waals surface area contributed by atoms with E-state index in [2.05, 4.69) is 32.3 Å². The molecule has 0 aliphatic heterocycles. The van der Waals surface area contributed by atoms with Crippen LogP contribution in [0.2, 0.25) is 0 Å². The minimum absolute atomic E-state index is 0.0206. The Morgan fingerprint density at radius 3 is 2.29 bits per heavy atom. The number of nitrogens with two attached hydrogens (primary N) is 3. The predicted octanol–water partition coefficient (Wildman–Crippen LogP) is 1.78. The third-order valence-corrected chi connectivity index (χ3v) is 6.45. The summed E-state index contributed by atoms with van der Waals surface area (Å²) >= 11 is 1.44. The molecule has 9 N–H and O–H groups in total. The highest BCUT2D eigenvalue weighted by Gasteiger charge is 2.18. The van der Waals surface area contributed by atoms with Crippen LogP contribution in [0.4, 0.5) is 0 Å². The molecule has 0 aliphatic rings. The summed E-state index contributed by atoms with van der Waals surface area (Å²) in [7, 11) is 0. The lowest BCUT2D eigenvalue weighted by molar-refractivity contribution is -0.127. The summed E-state index contributed by atoms with van der Waals surface area (Å²) in [5.41, 5.74) is 19.7. The minimum atomic E-state index is -0.497. The first-order valence-corrected chi connectivity index (χ1v) is 13.8. The van der Waals surface area contributed by atoms with Crippen LogP contribution >= 0.6 is 11.9 Å². The van der Waals surface area contributed by atoms with Crippen LogP contribution in [-0.2, 0) is 21.9 Å². The van der Waals surface area contributed by atoms with E-state index < -0.39 is 6.04 Å². The van der Waals surface area contributed by atoms with Gasteiger partial charge in [0, 0.05) is 31.0 Å². The molecule has 0 spiro atoms. The summed E-state index contributed by atoms with van der Waals surface area (Å²) in [4.78, 5) is 33.5. The van der Waals surface area contributed by atoms with Crippen molar-refractivity contribution in [3.05, 3.63) is 71.3 Å². The van der Waals surface area contributed by atoms with E-state index in [4.69, 9.17) is 17.2 Å². The third kappa shape index (κ3) is 12.6. The number of unbranched alkanes of at least 4 members (excludes halogenated alkanes) is 1. The van der Waals surface area contributed by atoms with Gasteiger partial charge in [0.15, 0.2) is 5.96 Å². The van der Waals surface area contributed by atoms with E-state index in [9.17, 15) is 9.59 Å². The molecular formula is C27H40N8O2S. The lowest BCUT2D eigenvalue weighted by atomic mass is 10.1. The summed E-state index contributed by atoms with van der Waals surface area (Å²) in [5, 5.41) is 5.55. The van der Waals surface area contributed by atoms with Crippen molar-refractivity contribution in [3.8, 4) is 0 Å². The Balaban J connectivity index is 1.80. The Bertz CT molecular complexity index is 1040. The van der Waals surface area contributed by atoms with Crippen molar-refractivity contribution in [2.24, 2.45) is 27.2 Å². The number of amidine groups is 1. The van der Waals surface area contributed by atoms with Crippen molar-refractivity contribution >= 4 is 35.6 Å². The number of hydrogen-bond acceptors (Lipinski definition) is 6. The van der Waals surface area contributed by atoms with Crippen molar-refractivity contribution in [1.29, 1.82) is 0 Å².